The summed E-state index contributed by atoms with van der Waals surface area (Å²) in [4.78, 5) is 6.72. The van der Waals surface area contributed by atoms with Gasteiger partial charge in [0.25, 0.3) is 0 Å². The summed E-state index contributed by atoms with van der Waals surface area (Å²) >= 11 is 0. The number of nitrogens with one attached hydrogen (secondary N) is 1. The summed E-state index contributed by atoms with van der Waals surface area (Å²) in [5.41, 5.74) is 0.851. The first-order valence-corrected chi connectivity index (χ1v) is 10.1. The van der Waals surface area contributed by atoms with E-state index >= 15 is 0 Å². The van der Waals surface area contributed by atoms with Crippen molar-refractivity contribution in [2.24, 2.45) is 10.9 Å². The summed E-state index contributed by atoms with van der Waals surface area (Å²) in [7, 11) is -1.11. The predicted molar refractivity (Wildman–Crippen MR) is 109 cm³/mol. The molecule has 2 heterocycles. The Hall–Kier alpha value is -0.880. The van der Waals surface area contributed by atoms with Gasteiger partial charge < -0.3 is 14.7 Å². The number of sulfonamides is 1. The number of halogens is 1. The lowest BCUT2D eigenvalue weighted by Crippen LogP contribution is -2.40. The summed E-state index contributed by atoms with van der Waals surface area (Å²) in [6, 6.07) is 1.83. The van der Waals surface area contributed by atoms with Crippen LogP contribution in [-0.4, -0.2) is 68.2 Å². The summed E-state index contributed by atoms with van der Waals surface area (Å²) in [5, 5.41) is 7.20. The van der Waals surface area contributed by atoms with Crippen LogP contribution in [0.4, 0.5) is 0 Å². The zero-order valence-corrected chi connectivity index (χ0v) is 18.2. The lowest BCUT2D eigenvalue weighted by atomic mass is 9.98. The van der Waals surface area contributed by atoms with E-state index in [2.05, 4.69) is 10.5 Å². The summed E-state index contributed by atoms with van der Waals surface area (Å²) in [6.45, 7) is 5.31. The maximum absolute atomic E-state index is 11.6. The van der Waals surface area contributed by atoms with Crippen molar-refractivity contribution >= 4 is 40.0 Å². The lowest BCUT2D eigenvalue weighted by molar-refractivity contribution is 0.279. The van der Waals surface area contributed by atoms with E-state index in [-0.39, 0.29) is 24.0 Å². The van der Waals surface area contributed by atoms with Gasteiger partial charge in [0.05, 0.1) is 12.8 Å². The molecular weight excluding hydrogens is 457 g/mol. The minimum Gasteiger partial charge on any atom is -0.364 e. The fraction of sp³-hybridized carbons (Fsp3) is 0.733. The number of piperidine rings is 1. The average molecular weight is 485 g/mol. The van der Waals surface area contributed by atoms with Crippen molar-refractivity contribution in [1.82, 2.24) is 19.7 Å². The van der Waals surface area contributed by atoms with Gasteiger partial charge in [-0.1, -0.05) is 5.16 Å². The smallest absolute Gasteiger partial charge is 0.211 e. The van der Waals surface area contributed by atoms with Gasteiger partial charge in [-0.2, -0.15) is 0 Å². The minimum atomic E-state index is -3.07. The van der Waals surface area contributed by atoms with Gasteiger partial charge in [-0.15, -0.1) is 24.0 Å². The van der Waals surface area contributed by atoms with Crippen molar-refractivity contribution < 1.29 is 12.9 Å². The molecule has 10 heteroatoms. The SMILES string of the molecule is CCNC(=NCC1CCN(S(C)(=O)=O)CC1)N(C)Cc1ccon1.I. The monoisotopic (exact) mass is 485 g/mol. The Kier molecular flexibility index (Phi) is 9.14. The van der Waals surface area contributed by atoms with Gasteiger partial charge in [0, 0.05) is 39.3 Å². The van der Waals surface area contributed by atoms with Crippen LogP contribution in [0.1, 0.15) is 25.5 Å². The molecule has 1 aromatic rings. The van der Waals surface area contributed by atoms with Crippen LogP contribution in [0.2, 0.25) is 0 Å². The molecule has 1 aliphatic rings. The largest absolute Gasteiger partial charge is 0.364 e. The fourth-order valence-electron chi connectivity index (χ4n) is 2.75. The van der Waals surface area contributed by atoms with Gasteiger partial charge >= 0.3 is 0 Å². The molecule has 0 amide bonds. The highest BCUT2D eigenvalue weighted by molar-refractivity contribution is 14.0. The lowest BCUT2D eigenvalue weighted by Gasteiger charge is -2.29. The van der Waals surface area contributed by atoms with Crippen LogP contribution in [0.3, 0.4) is 0 Å². The first kappa shape index (κ1) is 22.2. The Morgan fingerprint density at radius 3 is 2.68 bits per heavy atom. The van der Waals surface area contributed by atoms with Crippen LogP contribution in [0.25, 0.3) is 0 Å². The molecule has 1 aliphatic heterocycles. The molecular formula is C15H28IN5O3S. The van der Waals surface area contributed by atoms with E-state index in [0.29, 0.717) is 32.1 Å². The number of hydrogen-bond acceptors (Lipinski definition) is 5. The van der Waals surface area contributed by atoms with Crippen LogP contribution < -0.4 is 5.32 Å². The van der Waals surface area contributed by atoms with Crippen LogP contribution in [0, 0.1) is 5.92 Å². The second kappa shape index (κ2) is 10.3. The molecule has 0 radical (unpaired) electrons. The van der Waals surface area contributed by atoms with E-state index in [1.54, 1.807) is 10.6 Å². The average Bonchev–Trinajstić information content (AvgIpc) is 3.03. The topological polar surface area (TPSA) is 91.0 Å². The minimum absolute atomic E-state index is 0. The maximum atomic E-state index is 11.6. The van der Waals surface area contributed by atoms with E-state index in [4.69, 9.17) is 9.52 Å². The molecule has 1 N–H and O–H groups in total. The van der Waals surface area contributed by atoms with Crippen molar-refractivity contribution in [1.29, 1.82) is 0 Å². The number of nitrogens with zero attached hydrogens (tertiary/aromatic N) is 4. The van der Waals surface area contributed by atoms with Gasteiger partial charge in [-0.05, 0) is 25.7 Å². The summed E-state index contributed by atoms with van der Waals surface area (Å²) in [6.07, 6.45) is 4.53. The van der Waals surface area contributed by atoms with Crippen molar-refractivity contribution in [2.75, 3.05) is 39.5 Å². The summed E-state index contributed by atoms with van der Waals surface area (Å²) in [5.74, 6) is 1.24. The Balaban J connectivity index is 0.00000312. The predicted octanol–water partition coefficient (Wildman–Crippen LogP) is 1.36. The third-order valence-electron chi connectivity index (χ3n) is 4.13. The van der Waals surface area contributed by atoms with Crippen molar-refractivity contribution in [3.8, 4) is 0 Å². The molecule has 2 rings (SSSR count). The van der Waals surface area contributed by atoms with Gasteiger partial charge in [-0.25, -0.2) is 12.7 Å². The first-order valence-electron chi connectivity index (χ1n) is 8.24. The second-order valence-corrected chi connectivity index (χ2v) is 8.13. The Morgan fingerprint density at radius 2 is 2.16 bits per heavy atom. The first-order chi connectivity index (χ1) is 11.4. The highest BCUT2D eigenvalue weighted by Gasteiger charge is 2.24. The fourth-order valence-corrected chi connectivity index (χ4v) is 3.62. The second-order valence-electron chi connectivity index (χ2n) is 6.15. The molecule has 25 heavy (non-hydrogen) atoms. The Labute approximate surface area is 167 Å². The number of guanidine groups is 1. The number of rotatable bonds is 6. The van der Waals surface area contributed by atoms with Crippen LogP contribution in [0.5, 0.6) is 0 Å². The van der Waals surface area contributed by atoms with Crippen molar-refractivity contribution in [2.45, 2.75) is 26.3 Å². The maximum Gasteiger partial charge on any atom is 0.211 e. The summed E-state index contributed by atoms with van der Waals surface area (Å²) < 4.78 is 29.5. The molecule has 1 fully saturated rings. The third kappa shape index (κ3) is 7.10. The molecule has 0 atom stereocenters. The molecule has 0 bridgehead atoms. The van der Waals surface area contributed by atoms with Gasteiger partial charge in [0.2, 0.25) is 10.0 Å². The van der Waals surface area contributed by atoms with Gasteiger partial charge in [0.15, 0.2) is 5.96 Å². The molecule has 1 saturated heterocycles. The molecule has 1 aromatic heterocycles. The van der Waals surface area contributed by atoms with E-state index in [0.717, 1.165) is 31.0 Å². The van der Waals surface area contributed by atoms with E-state index in [1.807, 2.05) is 24.9 Å². The normalized spacial score (nSPS) is 17.2. The zero-order valence-electron chi connectivity index (χ0n) is 15.0. The van der Waals surface area contributed by atoms with Crippen molar-refractivity contribution in [3.05, 3.63) is 18.0 Å². The molecule has 0 saturated carbocycles. The van der Waals surface area contributed by atoms with Crippen LogP contribution in [0.15, 0.2) is 21.8 Å². The molecule has 0 spiro atoms. The molecule has 0 unspecified atom stereocenters. The van der Waals surface area contributed by atoms with E-state index < -0.39 is 10.0 Å². The van der Waals surface area contributed by atoms with E-state index in [1.165, 1.54) is 6.26 Å². The van der Waals surface area contributed by atoms with Crippen molar-refractivity contribution in [3.63, 3.8) is 0 Å². The van der Waals surface area contributed by atoms with Gasteiger partial charge in [-0.3, -0.25) is 4.99 Å². The van der Waals surface area contributed by atoms with E-state index in [9.17, 15) is 8.42 Å². The highest BCUT2D eigenvalue weighted by atomic mass is 127. The number of aromatic nitrogens is 1. The Bertz CT molecular complexity index is 628. The zero-order chi connectivity index (χ0) is 17.6. The molecule has 144 valence electrons. The molecule has 0 aromatic carbocycles. The Morgan fingerprint density at radius 1 is 1.48 bits per heavy atom. The standard InChI is InChI=1S/C15H27N5O3S.HI/c1-4-16-15(19(2)12-14-7-10-23-18-14)17-11-13-5-8-20(9-6-13)24(3,21)22;/h7,10,13H,4-6,8-9,11-12H2,1-3H3,(H,16,17);1H. The highest BCUT2D eigenvalue weighted by Crippen LogP contribution is 2.19. The van der Waals surface area contributed by atoms with Gasteiger partial charge in [0.1, 0.15) is 12.0 Å². The third-order valence-corrected chi connectivity index (χ3v) is 5.43. The molecule has 0 aliphatic carbocycles. The number of aliphatic imine (C=N–C) groups is 1. The number of hydrogen-bond donors (Lipinski definition) is 1. The quantitative estimate of drug-likeness (QED) is 0.372. The molecule has 8 nitrogen and oxygen atoms in total. The van der Waals surface area contributed by atoms with Crippen LogP contribution in [-0.2, 0) is 16.6 Å². The van der Waals surface area contributed by atoms with Crippen LogP contribution >= 0.6 is 24.0 Å².